The normalized spacial score (nSPS) is 12.5. The fraction of sp³-hybridized carbons (Fsp3) is 0.400. The van der Waals surface area contributed by atoms with Gasteiger partial charge in [-0.15, -0.1) is 0 Å². The van der Waals surface area contributed by atoms with Gasteiger partial charge in [-0.3, -0.25) is 0 Å². The molecule has 2 N–H and O–H groups in total. The van der Waals surface area contributed by atoms with E-state index in [4.69, 9.17) is 28.8 Å². The molecule has 0 aliphatic rings. The summed E-state index contributed by atoms with van der Waals surface area (Å²) in [6.07, 6.45) is -0.718. The van der Waals surface area contributed by atoms with E-state index in [0.29, 0.717) is 39.6 Å². The summed E-state index contributed by atoms with van der Waals surface area (Å²) in [5.41, 5.74) is 2.38. The standard InChI is InChI=1S/C30H38O7/c31-16-17-33-18-20-35-24-29(32)25-36-21-19-34-22-23-37-30(26-10-4-1-5-11-26,27-12-6-2-7-13-27)28-14-8-3-9-15-28/h1-15,29,31-32H,16-25H2. The summed E-state index contributed by atoms with van der Waals surface area (Å²) in [5.74, 6) is 0. The van der Waals surface area contributed by atoms with E-state index < -0.39 is 11.7 Å². The highest BCUT2D eigenvalue weighted by molar-refractivity contribution is 5.47. The van der Waals surface area contributed by atoms with Gasteiger partial charge in [-0.2, -0.15) is 0 Å². The molecule has 1 unspecified atom stereocenters. The quantitative estimate of drug-likeness (QED) is 0.189. The zero-order chi connectivity index (χ0) is 26.0. The first-order valence-electron chi connectivity index (χ1n) is 12.7. The molecule has 0 amide bonds. The van der Waals surface area contributed by atoms with Crippen LogP contribution in [-0.4, -0.2) is 82.4 Å². The zero-order valence-electron chi connectivity index (χ0n) is 21.2. The van der Waals surface area contributed by atoms with Crippen LogP contribution in [0.4, 0.5) is 0 Å². The van der Waals surface area contributed by atoms with Crippen molar-refractivity contribution >= 4 is 0 Å². The van der Waals surface area contributed by atoms with Crippen molar-refractivity contribution < 1.29 is 33.9 Å². The molecule has 0 saturated heterocycles. The number of hydrogen-bond acceptors (Lipinski definition) is 7. The molecule has 0 aromatic heterocycles. The molecular formula is C30H38O7. The van der Waals surface area contributed by atoms with Crippen LogP contribution in [0.15, 0.2) is 91.0 Å². The fourth-order valence-electron chi connectivity index (χ4n) is 4.01. The minimum absolute atomic E-state index is 0.0153. The summed E-state index contributed by atoms with van der Waals surface area (Å²) in [6, 6.07) is 30.7. The average Bonchev–Trinajstić information content (AvgIpc) is 2.96. The Kier molecular flexibility index (Phi) is 13.3. The molecule has 37 heavy (non-hydrogen) atoms. The topological polar surface area (TPSA) is 86.6 Å². The third-order valence-corrected chi connectivity index (χ3v) is 5.69. The van der Waals surface area contributed by atoms with Crippen molar-refractivity contribution in [2.45, 2.75) is 11.7 Å². The molecule has 0 bridgehead atoms. The van der Waals surface area contributed by atoms with Crippen LogP contribution >= 0.6 is 0 Å². The molecule has 7 heteroatoms. The lowest BCUT2D eigenvalue weighted by Gasteiger charge is -2.36. The minimum Gasteiger partial charge on any atom is -0.394 e. The van der Waals surface area contributed by atoms with Crippen molar-refractivity contribution in [3.05, 3.63) is 108 Å². The predicted octanol–water partition coefficient (Wildman–Crippen LogP) is 3.41. The first kappa shape index (κ1) is 28.9. The van der Waals surface area contributed by atoms with E-state index in [1.807, 2.05) is 54.6 Å². The van der Waals surface area contributed by atoms with Gasteiger partial charge in [0.05, 0.1) is 66.1 Å². The molecule has 200 valence electrons. The maximum atomic E-state index is 9.92. The molecule has 3 aromatic rings. The van der Waals surface area contributed by atoms with Gasteiger partial charge in [-0.1, -0.05) is 91.0 Å². The lowest BCUT2D eigenvalue weighted by atomic mass is 9.80. The Labute approximate surface area is 219 Å². The summed E-state index contributed by atoms with van der Waals surface area (Å²) >= 11 is 0. The second kappa shape index (κ2) is 17.0. The van der Waals surface area contributed by atoms with E-state index in [2.05, 4.69) is 36.4 Å². The molecule has 0 fully saturated rings. The Balaban J connectivity index is 1.47. The number of hydrogen-bond donors (Lipinski definition) is 2. The summed E-state index contributed by atoms with van der Waals surface area (Å²) in [5, 5.41) is 18.6. The van der Waals surface area contributed by atoms with Gasteiger partial charge < -0.3 is 33.9 Å². The fourth-order valence-corrected chi connectivity index (χ4v) is 4.01. The molecule has 0 spiro atoms. The van der Waals surface area contributed by atoms with Gasteiger partial charge in [0.25, 0.3) is 0 Å². The number of aliphatic hydroxyl groups excluding tert-OH is 2. The third-order valence-electron chi connectivity index (χ3n) is 5.69. The van der Waals surface area contributed by atoms with E-state index in [9.17, 15) is 5.11 Å². The monoisotopic (exact) mass is 510 g/mol. The predicted molar refractivity (Wildman–Crippen MR) is 142 cm³/mol. The summed E-state index contributed by atoms with van der Waals surface area (Å²) in [4.78, 5) is 0. The Morgan fingerprint density at radius 3 is 1.32 bits per heavy atom. The van der Waals surface area contributed by atoms with Crippen molar-refractivity contribution in [2.24, 2.45) is 0 Å². The number of ether oxygens (including phenoxy) is 5. The van der Waals surface area contributed by atoms with Gasteiger partial charge >= 0.3 is 0 Å². The van der Waals surface area contributed by atoms with Crippen molar-refractivity contribution in [2.75, 3.05) is 66.1 Å². The third kappa shape index (κ3) is 9.32. The van der Waals surface area contributed by atoms with E-state index in [1.165, 1.54) is 0 Å². The Bertz CT molecular complexity index is 857. The van der Waals surface area contributed by atoms with Crippen molar-refractivity contribution in [3.63, 3.8) is 0 Å². The second-order valence-corrected chi connectivity index (χ2v) is 8.38. The van der Waals surface area contributed by atoms with Gasteiger partial charge in [0.1, 0.15) is 11.7 Å². The van der Waals surface area contributed by atoms with Crippen molar-refractivity contribution in [1.82, 2.24) is 0 Å². The van der Waals surface area contributed by atoms with Crippen LogP contribution < -0.4 is 0 Å². The van der Waals surface area contributed by atoms with Crippen LogP contribution in [-0.2, 0) is 29.3 Å². The van der Waals surface area contributed by atoms with Gasteiger partial charge in [0.2, 0.25) is 0 Å². The molecule has 7 nitrogen and oxygen atoms in total. The lowest BCUT2D eigenvalue weighted by Crippen LogP contribution is -2.34. The van der Waals surface area contributed by atoms with Crippen LogP contribution in [0.25, 0.3) is 0 Å². The second-order valence-electron chi connectivity index (χ2n) is 8.38. The van der Waals surface area contributed by atoms with E-state index in [-0.39, 0.29) is 26.4 Å². The minimum atomic E-state index is -0.767. The Hall–Kier alpha value is -2.62. The smallest absolute Gasteiger partial charge is 0.143 e. The SMILES string of the molecule is OCCOCCOCC(O)COCCOCCOC(c1ccccc1)(c1ccccc1)c1ccccc1. The zero-order valence-corrected chi connectivity index (χ0v) is 21.2. The molecule has 0 radical (unpaired) electrons. The van der Waals surface area contributed by atoms with Gasteiger partial charge in [-0.05, 0) is 16.7 Å². The maximum Gasteiger partial charge on any atom is 0.143 e. The first-order chi connectivity index (χ1) is 18.3. The van der Waals surface area contributed by atoms with Gasteiger partial charge in [-0.25, -0.2) is 0 Å². The highest BCUT2D eigenvalue weighted by Gasteiger charge is 2.37. The molecule has 0 aliphatic carbocycles. The molecule has 3 aromatic carbocycles. The lowest BCUT2D eigenvalue weighted by molar-refractivity contribution is -0.0536. The van der Waals surface area contributed by atoms with Gasteiger partial charge in [0.15, 0.2) is 0 Å². The van der Waals surface area contributed by atoms with Crippen molar-refractivity contribution in [3.8, 4) is 0 Å². The van der Waals surface area contributed by atoms with E-state index >= 15 is 0 Å². The van der Waals surface area contributed by atoms with Crippen LogP contribution in [0.3, 0.4) is 0 Å². The summed E-state index contributed by atoms with van der Waals surface area (Å²) in [6.45, 7) is 2.86. The molecule has 3 rings (SSSR count). The van der Waals surface area contributed by atoms with Gasteiger partial charge in [0, 0.05) is 0 Å². The molecule has 0 aliphatic heterocycles. The molecular weight excluding hydrogens is 472 g/mol. The molecule has 0 saturated carbocycles. The number of aliphatic hydroxyl groups is 2. The Morgan fingerprint density at radius 1 is 0.514 bits per heavy atom. The van der Waals surface area contributed by atoms with E-state index in [1.54, 1.807) is 0 Å². The largest absolute Gasteiger partial charge is 0.394 e. The van der Waals surface area contributed by atoms with Crippen LogP contribution in [0.2, 0.25) is 0 Å². The first-order valence-corrected chi connectivity index (χ1v) is 12.7. The van der Waals surface area contributed by atoms with Crippen LogP contribution in [0.5, 0.6) is 0 Å². The molecule has 1 atom stereocenters. The average molecular weight is 511 g/mol. The number of rotatable bonds is 19. The maximum absolute atomic E-state index is 9.92. The highest BCUT2D eigenvalue weighted by atomic mass is 16.6. The Morgan fingerprint density at radius 2 is 0.892 bits per heavy atom. The highest BCUT2D eigenvalue weighted by Crippen LogP contribution is 2.40. The summed E-state index contributed by atoms with van der Waals surface area (Å²) < 4.78 is 28.3. The number of benzene rings is 3. The summed E-state index contributed by atoms with van der Waals surface area (Å²) in [7, 11) is 0. The molecule has 0 heterocycles. The van der Waals surface area contributed by atoms with Crippen LogP contribution in [0, 0.1) is 0 Å². The van der Waals surface area contributed by atoms with Crippen LogP contribution in [0.1, 0.15) is 16.7 Å². The van der Waals surface area contributed by atoms with Crippen molar-refractivity contribution in [1.29, 1.82) is 0 Å². The van der Waals surface area contributed by atoms with E-state index in [0.717, 1.165) is 16.7 Å².